The van der Waals surface area contributed by atoms with Crippen LogP contribution in [-0.2, 0) is 4.43 Å². The van der Waals surface area contributed by atoms with Crippen molar-refractivity contribution in [3.63, 3.8) is 0 Å². The molecule has 0 saturated heterocycles. The number of hydrogen-bond acceptors (Lipinski definition) is 3. The zero-order chi connectivity index (χ0) is 18.1. The van der Waals surface area contributed by atoms with E-state index in [0.29, 0.717) is 6.61 Å². The fourth-order valence-electron chi connectivity index (χ4n) is 2.80. The van der Waals surface area contributed by atoms with Gasteiger partial charge in [-0.1, -0.05) is 45.9 Å². The Morgan fingerprint density at radius 2 is 1.96 bits per heavy atom. The zero-order valence-corrected chi connectivity index (χ0v) is 16.5. The summed E-state index contributed by atoms with van der Waals surface area (Å²) in [5.74, 6) is 0.0979. The summed E-state index contributed by atoms with van der Waals surface area (Å²) in [5, 5.41) is 15.6. The second-order valence-electron chi connectivity index (χ2n) is 8.20. The number of fused-ring (bicyclic) bond motifs is 1. The molecule has 0 radical (unpaired) electrons. The topological polar surface area (TPSA) is 70.6 Å². The monoisotopic (exact) mass is 350 g/mol. The van der Waals surface area contributed by atoms with E-state index >= 15 is 0 Å². The minimum absolute atomic E-state index is 0.0749. The van der Waals surface area contributed by atoms with Gasteiger partial charge in [0, 0.05) is 11.6 Å². The highest BCUT2D eigenvalue weighted by Crippen LogP contribution is 2.39. The maximum absolute atomic E-state index is 11.2. The highest BCUT2D eigenvalue weighted by molar-refractivity contribution is 6.74. The van der Waals surface area contributed by atoms with Crippen LogP contribution in [0.4, 0.5) is 10.5 Å². The van der Waals surface area contributed by atoms with Crippen molar-refractivity contribution in [3.05, 3.63) is 29.8 Å². The molecule has 6 heteroatoms. The standard InChI is InChI=1S/C18H30N2O3Si/c1-12-15(11-23-24(5,6)18(2,3)4)19-14-10-8-7-9-13(14)16(12)20-17(21)22/h7-10,12,15-16,19-20H,11H2,1-6H3,(H,21,22)/t12-,15-,16+/m0/s1. The van der Waals surface area contributed by atoms with Crippen LogP contribution in [-0.4, -0.2) is 32.2 Å². The van der Waals surface area contributed by atoms with Crippen molar-refractivity contribution in [2.45, 2.75) is 57.9 Å². The molecule has 134 valence electrons. The number of para-hydroxylation sites is 1. The fraction of sp³-hybridized carbons (Fsp3) is 0.611. The molecule has 3 N–H and O–H groups in total. The van der Waals surface area contributed by atoms with Gasteiger partial charge < -0.3 is 20.2 Å². The summed E-state index contributed by atoms with van der Waals surface area (Å²) in [4.78, 5) is 11.2. The number of rotatable bonds is 4. The van der Waals surface area contributed by atoms with Gasteiger partial charge in [0.15, 0.2) is 8.32 Å². The molecule has 1 aliphatic heterocycles. The number of nitrogens with one attached hydrogen (secondary N) is 2. The molecular weight excluding hydrogens is 320 g/mol. The maximum atomic E-state index is 11.2. The second kappa shape index (κ2) is 6.76. The van der Waals surface area contributed by atoms with Crippen LogP contribution in [0.15, 0.2) is 24.3 Å². The van der Waals surface area contributed by atoms with Crippen LogP contribution in [0.2, 0.25) is 18.1 Å². The first-order chi connectivity index (χ1) is 11.0. The van der Waals surface area contributed by atoms with Crippen LogP contribution in [0, 0.1) is 5.92 Å². The van der Waals surface area contributed by atoms with Gasteiger partial charge in [-0.3, -0.25) is 0 Å². The zero-order valence-electron chi connectivity index (χ0n) is 15.5. The van der Waals surface area contributed by atoms with Gasteiger partial charge in [-0.25, -0.2) is 4.79 Å². The summed E-state index contributed by atoms with van der Waals surface area (Å²) in [6.45, 7) is 13.8. The van der Waals surface area contributed by atoms with Crippen LogP contribution in [0.5, 0.6) is 0 Å². The largest absolute Gasteiger partial charge is 0.465 e. The summed E-state index contributed by atoms with van der Waals surface area (Å²) < 4.78 is 6.37. The molecule has 1 aliphatic rings. The van der Waals surface area contributed by atoms with E-state index < -0.39 is 14.4 Å². The van der Waals surface area contributed by atoms with Crippen molar-refractivity contribution in [2.75, 3.05) is 11.9 Å². The van der Waals surface area contributed by atoms with Gasteiger partial charge >= 0.3 is 6.09 Å². The van der Waals surface area contributed by atoms with Crippen LogP contribution in [0.3, 0.4) is 0 Å². The van der Waals surface area contributed by atoms with Gasteiger partial charge in [0.25, 0.3) is 0 Å². The Labute approximate surface area is 145 Å². The quantitative estimate of drug-likeness (QED) is 0.702. The maximum Gasteiger partial charge on any atom is 0.405 e. The Kier molecular flexibility index (Phi) is 5.30. The predicted octanol–water partition coefficient (Wildman–Crippen LogP) is 4.45. The van der Waals surface area contributed by atoms with Crippen molar-refractivity contribution in [1.29, 1.82) is 0 Å². The van der Waals surface area contributed by atoms with E-state index in [9.17, 15) is 9.90 Å². The molecule has 24 heavy (non-hydrogen) atoms. The van der Waals surface area contributed by atoms with Gasteiger partial charge in [0.1, 0.15) is 0 Å². The smallest absolute Gasteiger partial charge is 0.405 e. The van der Waals surface area contributed by atoms with E-state index in [4.69, 9.17) is 4.43 Å². The van der Waals surface area contributed by atoms with E-state index in [1.807, 2.05) is 24.3 Å². The lowest BCUT2D eigenvalue weighted by Crippen LogP contribution is -2.49. The Balaban J connectivity index is 2.19. The van der Waals surface area contributed by atoms with Crippen molar-refractivity contribution in [3.8, 4) is 0 Å². The van der Waals surface area contributed by atoms with Crippen LogP contribution < -0.4 is 10.6 Å². The predicted molar refractivity (Wildman–Crippen MR) is 100 cm³/mol. The SMILES string of the molecule is C[C@H]1[C@H](CO[Si](C)(C)C(C)(C)C)Nc2ccccc2[C@@H]1NC(=O)O. The van der Waals surface area contributed by atoms with Gasteiger partial charge in [0.05, 0.1) is 18.7 Å². The van der Waals surface area contributed by atoms with Gasteiger partial charge in [-0.2, -0.15) is 0 Å². The summed E-state index contributed by atoms with van der Waals surface area (Å²) >= 11 is 0. The first-order valence-electron chi connectivity index (χ1n) is 8.52. The Hall–Kier alpha value is -1.53. The Bertz CT molecular complexity index is 598. The lowest BCUT2D eigenvalue weighted by Gasteiger charge is -2.42. The van der Waals surface area contributed by atoms with Crippen molar-refractivity contribution in [2.24, 2.45) is 5.92 Å². The summed E-state index contributed by atoms with van der Waals surface area (Å²) in [6.07, 6.45) is -0.993. The first-order valence-corrected chi connectivity index (χ1v) is 11.4. The normalized spacial score (nSPS) is 24.0. The molecule has 0 unspecified atom stereocenters. The van der Waals surface area contributed by atoms with Crippen LogP contribution in [0.25, 0.3) is 0 Å². The third-order valence-electron chi connectivity index (χ3n) is 5.51. The van der Waals surface area contributed by atoms with E-state index in [1.54, 1.807) is 0 Å². The van der Waals surface area contributed by atoms with E-state index in [1.165, 1.54) is 0 Å². The number of carboxylic acid groups (broad SMARTS) is 1. The highest BCUT2D eigenvalue weighted by atomic mass is 28.4. The number of benzene rings is 1. The van der Waals surface area contributed by atoms with E-state index in [2.05, 4.69) is 51.4 Å². The molecule has 1 heterocycles. The summed E-state index contributed by atoms with van der Waals surface area (Å²) in [6, 6.07) is 7.72. The molecule has 0 spiro atoms. The molecule has 1 amide bonds. The number of carbonyl (C=O) groups is 1. The third kappa shape index (κ3) is 3.92. The van der Waals surface area contributed by atoms with Crippen LogP contribution in [0.1, 0.15) is 39.3 Å². The molecule has 3 atom stereocenters. The minimum Gasteiger partial charge on any atom is -0.465 e. The summed E-state index contributed by atoms with van der Waals surface area (Å²) in [7, 11) is -1.84. The molecule has 2 rings (SSSR count). The Morgan fingerprint density at radius 1 is 1.33 bits per heavy atom. The molecule has 5 nitrogen and oxygen atoms in total. The second-order valence-corrected chi connectivity index (χ2v) is 13.0. The number of anilines is 1. The first kappa shape index (κ1) is 18.8. The van der Waals surface area contributed by atoms with Crippen LogP contribution >= 0.6 is 0 Å². The van der Waals surface area contributed by atoms with E-state index in [-0.39, 0.29) is 23.0 Å². The molecule has 0 bridgehead atoms. The van der Waals surface area contributed by atoms with Gasteiger partial charge in [-0.15, -0.1) is 0 Å². The summed E-state index contributed by atoms with van der Waals surface area (Å²) in [5.41, 5.74) is 1.98. The molecule has 0 fully saturated rings. The average Bonchev–Trinajstić information content (AvgIpc) is 2.47. The van der Waals surface area contributed by atoms with Crippen molar-refractivity contribution < 1.29 is 14.3 Å². The fourth-order valence-corrected chi connectivity index (χ4v) is 3.83. The highest BCUT2D eigenvalue weighted by Gasteiger charge is 2.40. The lowest BCUT2D eigenvalue weighted by molar-refractivity contribution is 0.174. The minimum atomic E-state index is -1.84. The van der Waals surface area contributed by atoms with E-state index in [0.717, 1.165) is 11.3 Å². The number of hydrogen-bond donors (Lipinski definition) is 3. The van der Waals surface area contributed by atoms with Gasteiger partial charge in [0.2, 0.25) is 0 Å². The molecule has 0 saturated carbocycles. The molecule has 1 aromatic carbocycles. The lowest BCUT2D eigenvalue weighted by atomic mass is 9.84. The Morgan fingerprint density at radius 3 is 2.54 bits per heavy atom. The van der Waals surface area contributed by atoms with Crippen molar-refractivity contribution in [1.82, 2.24) is 5.32 Å². The van der Waals surface area contributed by atoms with Gasteiger partial charge in [-0.05, 0) is 29.8 Å². The molecule has 0 aromatic heterocycles. The van der Waals surface area contributed by atoms with Crippen molar-refractivity contribution >= 4 is 20.1 Å². The number of amides is 1. The third-order valence-corrected chi connectivity index (χ3v) is 10.0. The average molecular weight is 351 g/mol. The molecule has 0 aliphatic carbocycles. The molecular formula is C18H30N2O3Si. The molecule has 1 aromatic rings.